The third kappa shape index (κ3) is 3.33. The van der Waals surface area contributed by atoms with Crippen LogP contribution in [-0.4, -0.2) is 10.1 Å². The Morgan fingerprint density at radius 1 is 1.32 bits per heavy atom. The van der Waals surface area contributed by atoms with Gasteiger partial charge in [-0.05, 0) is 31.0 Å². The van der Waals surface area contributed by atoms with E-state index in [4.69, 9.17) is 21.9 Å². The van der Waals surface area contributed by atoms with Crippen molar-refractivity contribution in [2.24, 2.45) is 5.73 Å². The molecule has 0 aliphatic carbocycles. The van der Waals surface area contributed by atoms with E-state index in [0.29, 0.717) is 23.2 Å². The predicted molar refractivity (Wildman–Crippen MR) is 75.1 cm³/mol. The Morgan fingerprint density at radius 3 is 2.47 bits per heavy atom. The molecule has 4 nitrogen and oxygen atoms in total. The van der Waals surface area contributed by atoms with Gasteiger partial charge in [0, 0.05) is 10.9 Å². The lowest BCUT2D eigenvalue weighted by atomic mass is 9.93. The number of benzene rings is 1. The highest BCUT2D eigenvalue weighted by Gasteiger charge is 2.28. The van der Waals surface area contributed by atoms with Crippen LogP contribution in [0.5, 0.6) is 0 Å². The fraction of sp³-hybridized carbons (Fsp3) is 0.429. The second-order valence-corrected chi connectivity index (χ2v) is 5.77. The van der Waals surface area contributed by atoms with E-state index in [1.165, 1.54) is 0 Å². The molecule has 1 aromatic heterocycles. The Bertz CT molecular complexity index is 546. The molecule has 2 rings (SSSR count). The molecule has 0 bridgehead atoms. The quantitative estimate of drug-likeness (QED) is 0.933. The largest absolute Gasteiger partial charge is 0.339 e. The summed E-state index contributed by atoms with van der Waals surface area (Å²) in [7, 11) is 0. The second kappa shape index (κ2) is 5.31. The average Bonchev–Trinajstić information content (AvgIpc) is 2.82. The van der Waals surface area contributed by atoms with E-state index in [9.17, 15) is 0 Å². The lowest BCUT2D eigenvalue weighted by Crippen LogP contribution is -2.36. The normalized spacial score (nSPS) is 14.6. The van der Waals surface area contributed by atoms with Gasteiger partial charge in [0.1, 0.15) is 0 Å². The molecule has 0 radical (unpaired) electrons. The summed E-state index contributed by atoms with van der Waals surface area (Å²) in [6.07, 6.45) is 0.626. The van der Waals surface area contributed by atoms with Crippen LogP contribution in [0.2, 0.25) is 5.02 Å². The molecule has 2 N–H and O–H groups in total. The van der Waals surface area contributed by atoms with Gasteiger partial charge < -0.3 is 10.3 Å². The van der Waals surface area contributed by atoms with Crippen LogP contribution < -0.4 is 5.73 Å². The number of aromatic nitrogens is 2. The molecule has 5 heteroatoms. The number of nitrogens with two attached hydrogens (primary N) is 1. The van der Waals surface area contributed by atoms with E-state index in [2.05, 4.69) is 10.1 Å². The molecule has 0 fully saturated rings. The van der Waals surface area contributed by atoms with Crippen molar-refractivity contribution in [3.05, 3.63) is 46.6 Å². The maximum atomic E-state index is 6.30. The molecule has 1 aromatic carbocycles. The molecule has 1 unspecified atom stereocenters. The Kier molecular flexibility index (Phi) is 3.92. The first-order valence-corrected chi connectivity index (χ1v) is 6.63. The zero-order chi connectivity index (χ0) is 14.0. The summed E-state index contributed by atoms with van der Waals surface area (Å²) in [5.41, 5.74) is 6.73. The summed E-state index contributed by atoms with van der Waals surface area (Å²) >= 11 is 5.87. The molecule has 0 aliphatic heterocycles. The van der Waals surface area contributed by atoms with Gasteiger partial charge in [0.2, 0.25) is 5.89 Å². The highest BCUT2D eigenvalue weighted by atomic mass is 35.5. The summed E-state index contributed by atoms with van der Waals surface area (Å²) in [5, 5.41) is 4.70. The van der Waals surface area contributed by atoms with Crippen molar-refractivity contribution in [3.8, 4) is 0 Å². The van der Waals surface area contributed by atoms with Crippen LogP contribution >= 0.6 is 11.6 Å². The van der Waals surface area contributed by atoms with Crippen molar-refractivity contribution in [1.29, 1.82) is 0 Å². The van der Waals surface area contributed by atoms with Crippen molar-refractivity contribution in [1.82, 2.24) is 10.1 Å². The second-order valence-electron chi connectivity index (χ2n) is 5.33. The van der Waals surface area contributed by atoms with Crippen LogP contribution in [0.1, 0.15) is 44.0 Å². The van der Waals surface area contributed by atoms with Crippen LogP contribution in [0.15, 0.2) is 28.8 Å². The van der Waals surface area contributed by atoms with E-state index in [1.807, 2.05) is 45.0 Å². The molecule has 1 heterocycles. The van der Waals surface area contributed by atoms with Gasteiger partial charge in [0.15, 0.2) is 5.82 Å². The number of halogens is 1. The molecule has 0 aliphatic rings. The molecule has 2 aromatic rings. The molecular weight excluding hydrogens is 262 g/mol. The molecule has 102 valence electrons. The molecule has 0 saturated carbocycles. The van der Waals surface area contributed by atoms with E-state index >= 15 is 0 Å². The van der Waals surface area contributed by atoms with Crippen LogP contribution in [0, 0.1) is 0 Å². The Labute approximate surface area is 118 Å². The van der Waals surface area contributed by atoms with E-state index < -0.39 is 5.54 Å². The molecule has 0 saturated heterocycles. The fourth-order valence-electron chi connectivity index (χ4n) is 1.81. The highest BCUT2D eigenvalue weighted by molar-refractivity contribution is 6.30. The van der Waals surface area contributed by atoms with Crippen molar-refractivity contribution >= 4 is 11.6 Å². The minimum Gasteiger partial charge on any atom is -0.339 e. The average molecular weight is 280 g/mol. The summed E-state index contributed by atoms with van der Waals surface area (Å²) in [4.78, 5) is 4.37. The maximum absolute atomic E-state index is 6.30. The number of hydrogen-bond donors (Lipinski definition) is 1. The molecule has 0 spiro atoms. The van der Waals surface area contributed by atoms with Gasteiger partial charge >= 0.3 is 0 Å². The summed E-state index contributed by atoms with van der Waals surface area (Å²) < 4.78 is 5.21. The lowest BCUT2D eigenvalue weighted by Gasteiger charge is -2.20. The van der Waals surface area contributed by atoms with Crippen molar-refractivity contribution in [2.45, 2.75) is 38.6 Å². The summed E-state index contributed by atoms with van der Waals surface area (Å²) in [6, 6.07) is 7.61. The van der Waals surface area contributed by atoms with Gasteiger partial charge in [-0.25, -0.2) is 0 Å². The molecule has 19 heavy (non-hydrogen) atoms. The van der Waals surface area contributed by atoms with Gasteiger partial charge in [-0.3, -0.25) is 0 Å². The SMILES string of the molecule is CC(C)c1nc(C(C)(N)Cc2ccc(Cl)cc2)no1. The van der Waals surface area contributed by atoms with E-state index in [0.717, 1.165) is 5.56 Å². The number of nitrogens with zero attached hydrogens (tertiary/aromatic N) is 2. The highest BCUT2D eigenvalue weighted by Crippen LogP contribution is 2.23. The number of rotatable bonds is 4. The van der Waals surface area contributed by atoms with Crippen molar-refractivity contribution < 1.29 is 4.52 Å². The van der Waals surface area contributed by atoms with Crippen LogP contribution in [-0.2, 0) is 12.0 Å². The van der Waals surface area contributed by atoms with Gasteiger partial charge in [-0.1, -0.05) is 42.7 Å². The van der Waals surface area contributed by atoms with Gasteiger partial charge in [-0.2, -0.15) is 4.98 Å². The van der Waals surface area contributed by atoms with Crippen LogP contribution in [0.3, 0.4) is 0 Å². The topological polar surface area (TPSA) is 64.9 Å². The fourth-order valence-corrected chi connectivity index (χ4v) is 1.93. The predicted octanol–water partition coefficient (Wildman–Crippen LogP) is 3.26. The molecule has 1 atom stereocenters. The third-order valence-electron chi connectivity index (χ3n) is 2.93. The zero-order valence-corrected chi connectivity index (χ0v) is 12.1. The minimum atomic E-state index is -0.662. The lowest BCUT2D eigenvalue weighted by molar-refractivity contribution is 0.345. The van der Waals surface area contributed by atoms with Gasteiger partial charge in [0.05, 0.1) is 5.54 Å². The number of hydrogen-bond acceptors (Lipinski definition) is 4. The monoisotopic (exact) mass is 279 g/mol. The Balaban J connectivity index is 2.18. The van der Waals surface area contributed by atoms with Crippen LogP contribution in [0.25, 0.3) is 0 Å². The minimum absolute atomic E-state index is 0.201. The molecule has 0 amide bonds. The summed E-state index contributed by atoms with van der Waals surface area (Å²) in [6.45, 7) is 5.91. The summed E-state index contributed by atoms with van der Waals surface area (Å²) in [5.74, 6) is 1.35. The van der Waals surface area contributed by atoms with Crippen molar-refractivity contribution in [2.75, 3.05) is 0 Å². The van der Waals surface area contributed by atoms with E-state index in [1.54, 1.807) is 0 Å². The van der Waals surface area contributed by atoms with Crippen LogP contribution in [0.4, 0.5) is 0 Å². The molecular formula is C14H18ClN3O. The zero-order valence-electron chi connectivity index (χ0n) is 11.4. The first-order valence-electron chi connectivity index (χ1n) is 6.26. The smallest absolute Gasteiger partial charge is 0.229 e. The van der Waals surface area contributed by atoms with Gasteiger partial charge in [-0.15, -0.1) is 0 Å². The maximum Gasteiger partial charge on any atom is 0.229 e. The third-order valence-corrected chi connectivity index (χ3v) is 3.18. The van der Waals surface area contributed by atoms with E-state index in [-0.39, 0.29) is 5.92 Å². The standard InChI is InChI=1S/C14H18ClN3O/c1-9(2)12-17-13(18-19-12)14(3,16)8-10-4-6-11(15)7-5-10/h4-7,9H,8,16H2,1-3H3. The van der Waals surface area contributed by atoms with Crippen molar-refractivity contribution in [3.63, 3.8) is 0 Å². The first kappa shape index (κ1) is 14.0. The Morgan fingerprint density at radius 2 is 1.95 bits per heavy atom. The Hall–Kier alpha value is -1.39. The first-order chi connectivity index (χ1) is 8.88. The van der Waals surface area contributed by atoms with Gasteiger partial charge in [0.25, 0.3) is 0 Å².